The highest BCUT2D eigenvalue weighted by Gasteiger charge is 2.22. The Bertz CT molecular complexity index is 626. The van der Waals surface area contributed by atoms with Gasteiger partial charge in [0.2, 0.25) is 0 Å². The second-order valence-corrected chi connectivity index (χ2v) is 7.58. The number of esters is 1. The molecular formula is C18H33IN6O2. The molecule has 1 atom stereocenters. The van der Waals surface area contributed by atoms with Gasteiger partial charge in [-0.25, -0.2) is 4.99 Å². The van der Waals surface area contributed by atoms with Crippen molar-refractivity contribution >= 4 is 41.6 Å². The summed E-state index contributed by atoms with van der Waals surface area (Å²) >= 11 is 0. The molecule has 154 valence electrons. The van der Waals surface area contributed by atoms with E-state index in [1.807, 2.05) is 51.8 Å². The van der Waals surface area contributed by atoms with Crippen LogP contribution in [-0.4, -0.2) is 59.5 Å². The molecule has 0 radical (unpaired) electrons. The van der Waals surface area contributed by atoms with Crippen molar-refractivity contribution in [2.75, 3.05) is 31.1 Å². The molecule has 1 fully saturated rings. The van der Waals surface area contributed by atoms with Gasteiger partial charge < -0.3 is 20.3 Å². The number of rotatable bonds is 5. The summed E-state index contributed by atoms with van der Waals surface area (Å²) in [5.74, 6) is 0.326. The number of piperidine rings is 1. The van der Waals surface area contributed by atoms with Crippen LogP contribution in [0.25, 0.3) is 0 Å². The molecule has 1 aliphatic heterocycles. The van der Waals surface area contributed by atoms with E-state index in [1.165, 1.54) is 0 Å². The van der Waals surface area contributed by atoms with Gasteiger partial charge in [-0.05, 0) is 40.5 Å². The van der Waals surface area contributed by atoms with Gasteiger partial charge in [0.1, 0.15) is 12.1 Å². The third-order valence-corrected chi connectivity index (χ3v) is 3.95. The summed E-state index contributed by atoms with van der Waals surface area (Å²) in [5, 5.41) is 10.9. The largest absolute Gasteiger partial charge is 0.459 e. The van der Waals surface area contributed by atoms with E-state index in [0.717, 1.165) is 38.2 Å². The second kappa shape index (κ2) is 10.7. The lowest BCUT2D eigenvalue weighted by molar-refractivity contribution is -0.152. The minimum Gasteiger partial charge on any atom is -0.459 e. The van der Waals surface area contributed by atoms with Crippen molar-refractivity contribution in [1.82, 2.24) is 20.4 Å². The van der Waals surface area contributed by atoms with Gasteiger partial charge in [-0.2, -0.15) is 5.10 Å². The number of carbonyl (C=O) groups excluding carboxylic acids is 1. The average molecular weight is 492 g/mol. The number of guanidine groups is 1. The van der Waals surface area contributed by atoms with Gasteiger partial charge >= 0.3 is 5.97 Å². The van der Waals surface area contributed by atoms with Crippen LogP contribution in [0.2, 0.25) is 0 Å². The summed E-state index contributed by atoms with van der Waals surface area (Å²) in [7, 11) is 1.93. The van der Waals surface area contributed by atoms with Crippen molar-refractivity contribution in [2.24, 2.45) is 12.0 Å². The fraction of sp³-hybridized carbons (Fsp3) is 0.722. The molecule has 9 heteroatoms. The number of aliphatic imine (C=N–C) groups is 1. The van der Waals surface area contributed by atoms with Gasteiger partial charge in [-0.15, -0.1) is 24.0 Å². The molecule has 0 bridgehead atoms. The third kappa shape index (κ3) is 8.35. The van der Waals surface area contributed by atoms with E-state index < -0.39 is 5.60 Å². The summed E-state index contributed by atoms with van der Waals surface area (Å²) in [5.41, 5.74) is 0.640. The SMILES string of the molecule is CCNC(=NCC(=O)OC(C)(C)C)NC1CCCN(c2cnn(C)c2)C1.I. The average Bonchev–Trinajstić information content (AvgIpc) is 2.98. The molecule has 1 saturated heterocycles. The van der Waals surface area contributed by atoms with E-state index in [4.69, 9.17) is 4.74 Å². The van der Waals surface area contributed by atoms with Crippen molar-refractivity contribution in [1.29, 1.82) is 0 Å². The number of hydrogen-bond acceptors (Lipinski definition) is 5. The lowest BCUT2D eigenvalue weighted by Gasteiger charge is -2.34. The zero-order valence-electron chi connectivity index (χ0n) is 17.0. The monoisotopic (exact) mass is 492 g/mol. The van der Waals surface area contributed by atoms with Crippen LogP contribution < -0.4 is 15.5 Å². The van der Waals surface area contributed by atoms with E-state index >= 15 is 0 Å². The summed E-state index contributed by atoms with van der Waals surface area (Å²) in [6.07, 6.45) is 6.08. The topological polar surface area (TPSA) is 83.8 Å². The maximum Gasteiger partial charge on any atom is 0.328 e. The van der Waals surface area contributed by atoms with E-state index in [9.17, 15) is 4.79 Å². The van der Waals surface area contributed by atoms with E-state index in [-0.39, 0.29) is 42.5 Å². The molecule has 0 saturated carbocycles. The standard InChI is InChI=1S/C18H32N6O2.HI/c1-6-19-17(20-11-16(25)26-18(2,3)4)22-14-8-7-9-24(12-14)15-10-21-23(5)13-15;/h10,13-14H,6-9,11-12H2,1-5H3,(H2,19,20,22);1H. The Morgan fingerprint density at radius 2 is 2.19 bits per heavy atom. The maximum atomic E-state index is 11.9. The first-order valence-electron chi connectivity index (χ1n) is 9.27. The molecular weight excluding hydrogens is 459 g/mol. The van der Waals surface area contributed by atoms with Crippen molar-refractivity contribution in [2.45, 2.75) is 52.2 Å². The van der Waals surface area contributed by atoms with Crippen LogP contribution in [0.1, 0.15) is 40.5 Å². The summed E-state index contributed by atoms with van der Waals surface area (Å²) in [6, 6.07) is 0.264. The van der Waals surface area contributed by atoms with E-state index in [0.29, 0.717) is 5.96 Å². The number of nitrogens with one attached hydrogen (secondary N) is 2. The number of nitrogens with zero attached hydrogens (tertiary/aromatic N) is 4. The number of halogens is 1. The van der Waals surface area contributed by atoms with Crippen LogP contribution in [-0.2, 0) is 16.6 Å². The second-order valence-electron chi connectivity index (χ2n) is 7.58. The summed E-state index contributed by atoms with van der Waals surface area (Å²) < 4.78 is 7.13. The highest BCUT2D eigenvalue weighted by Crippen LogP contribution is 2.18. The Labute approximate surface area is 179 Å². The highest BCUT2D eigenvalue weighted by molar-refractivity contribution is 14.0. The first-order valence-corrected chi connectivity index (χ1v) is 9.27. The molecule has 0 aliphatic carbocycles. The van der Waals surface area contributed by atoms with Gasteiger partial charge in [0, 0.05) is 38.9 Å². The molecule has 27 heavy (non-hydrogen) atoms. The Morgan fingerprint density at radius 1 is 1.44 bits per heavy atom. The Kier molecular flexibility index (Phi) is 9.34. The molecule has 2 heterocycles. The van der Waals surface area contributed by atoms with Crippen LogP contribution in [0.4, 0.5) is 5.69 Å². The summed E-state index contributed by atoms with van der Waals surface area (Å²) in [4.78, 5) is 18.6. The van der Waals surface area contributed by atoms with Crippen molar-refractivity contribution in [3.8, 4) is 0 Å². The zero-order chi connectivity index (χ0) is 19.2. The molecule has 1 aromatic rings. The molecule has 1 unspecified atom stereocenters. The molecule has 2 N–H and O–H groups in total. The smallest absolute Gasteiger partial charge is 0.328 e. The fourth-order valence-corrected chi connectivity index (χ4v) is 2.93. The number of aryl methyl sites for hydroxylation is 1. The summed E-state index contributed by atoms with van der Waals surface area (Å²) in [6.45, 7) is 10.2. The van der Waals surface area contributed by atoms with Gasteiger partial charge in [0.05, 0.1) is 11.9 Å². The predicted molar refractivity (Wildman–Crippen MR) is 119 cm³/mol. The molecule has 0 aromatic carbocycles. The Hall–Kier alpha value is -1.52. The van der Waals surface area contributed by atoms with Gasteiger partial charge in [0.25, 0.3) is 0 Å². The number of ether oxygens (including phenoxy) is 1. The van der Waals surface area contributed by atoms with Crippen molar-refractivity contribution in [3.63, 3.8) is 0 Å². The fourth-order valence-electron chi connectivity index (χ4n) is 2.93. The lowest BCUT2D eigenvalue weighted by atomic mass is 10.1. The third-order valence-electron chi connectivity index (χ3n) is 3.95. The molecule has 0 spiro atoms. The van der Waals surface area contributed by atoms with Crippen LogP contribution in [0.3, 0.4) is 0 Å². The molecule has 8 nitrogen and oxygen atoms in total. The Morgan fingerprint density at radius 3 is 2.78 bits per heavy atom. The van der Waals surface area contributed by atoms with Crippen LogP contribution in [0.15, 0.2) is 17.4 Å². The molecule has 0 amide bonds. The highest BCUT2D eigenvalue weighted by atomic mass is 127. The van der Waals surface area contributed by atoms with Gasteiger partial charge in [-0.1, -0.05) is 0 Å². The van der Waals surface area contributed by atoms with E-state index in [1.54, 1.807) is 0 Å². The molecule has 1 aliphatic rings. The lowest BCUT2D eigenvalue weighted by Crippen LogP contribution is -2.51. The van der Waals surface area contributed by atoms with E-state index in [2.05, 4.69) is 25.6 Å². The molecule has 1 aromatic heterocycles. The number of carbonyl (C=O) groups is 1. The van der Waals surface area contributed by atoms with Gasteiger partial charge in [0.15, 0.2) is 5.96 Å². The molecule has 2 rings (SSSR count). The first-order chi connectivity index (χ1) is 12.3. The normalized spacial score (nSPS) is 17.9. The number of anilines is 1. The quantitative estimate of drug-likeness (QED) is 0.283. The Balaban J connectivity index is 0.00000364. The van der Waals surface area contributed by atoms with Crippen LogP contribution in [0, 0.1) is 0 Å². The van der Waals surface area contributed by atoms with Crippen molar-refractivity contribution < 1.29 is 9.53 Å². The predicted octanol–water partition coefficient (Wildman–Crippen LogP) is 1.90. The van der Waals surface area contributed by atoms with Crippen LogP contribution in [0.5, 0.6) is 0 Å². The number of aromatic nitrogens is 2. The van der Waals surface area contributed by atoms with Gasteiger partial charge in [-0.3, -0.25) is 9.48 Å². The minimum atomic E-state index is -0.494. The first kappa shape index (κ1) is 23.5. The number of hydrogen-bond donors (Lipinski definition) is 2. The van der Waals surface area contributed by atoms with Crippen LogP contribution >= 0.6 is 24.0 Å². The minimum absolute atomic E-state index is 0. The maximum absolute atomic E-state index is 11.9. The zero-order valence-corrected chi connectivity index (χ0v) is 19.3. The van der Waals surface area contributed by atoms with Crippen molar-refractivity contribution in [3.05, 3.63) is 12.4 Å².